The molecule has 7 heteroatoms. The number of carbonyl (C=O) groups is 1. The van der Waals surface area contributed by atoms with Gasteiger partial charge in [-0.05, 0) is 31.0 Å². The largest absolute Gasteiger partial charge is 0.362 e. The number of carbonyl (C=O) groups excluding carboxylic acids is 1. The van der Waals surface area contributed by atoms with E-state index in [0.717, 1.165) is 32.6 Å². The lowest BCUT2D eigenvalue weighted by Gasteiger charge is -2.30. The molecule has 3 rings (SSSR count). The van der Waals surface area contributed by atoms with Gasteiger partial charge in [-0.15, -0.1) is 0 Å². The van der Waals surface area contributed by atoms with Gasteiger partial charge in [0.05, 0.1) is 4.92 Å². The van der Waals surface area contributed by atoms with Crippen molar-refractivity contribution in [1.29, 1.82) is 0 Å². The first-order valence-corrected chi connectivity index (χ1v) is 9.53. The van der Waals surface area contributed by atoms with E-state index in [1.54, 1.807) is 12.1 Å². The van der Waals surface area contributed by atoms with Gasteiger partial charge in [0.15, 0.2) is 0 Å². The summed E-state index contributed by atoms with van der Waals surface area (Å²) in [4.78, 5) is 27.6. The van der Waals surface area contributed by atoms with Crippen LogP contribution in [-0.4, -0.2) is 48.5 Å². The molecule has 1 atom stereocenters. The summed E-state index contributed by atoms with van der Waals surface area (Å²) < 4.78 is 0. The molecule has 0 radical (unpaired) electrons. The number of nitro benzene ring substituents is 1. The molecule has 148 valence electrons. The molecule has 2 aromatic rings. The number of nitrogens with one attached hydrogen (secondary N) is 1. The van der Waals surface area contributed by atoms with Gasteiger partial charge in [-0.2, -0.15) is 0 Å². The Hall–Kier alpha value is -2.93. The van der Waals surface area contributed by atoms with Gasteiger partial charge in [0.1, 0.15) is 5.69 Å². The molecule has 7 nitrogen and oxygen atoms in total. The maximum Gasteiger partial charge on any atom is 0.293 e. The molecular weight excluding hydrogens is 356 g/mol. The minimum Gasteiger partial charge on any atom is -0.362 e. The van der Waals surface area contributed by atoms with Gasteiger partial charge in [0, 0.05) is 50.9 Å². The summed E-state index contributed by atoms with van der Waals surface area (Å²) in [7, 11) is 1.51. The summed E-state index contributed by atoms with van der Waals surface area (Å²) in [6.07, 6.45) is 0.922. The number of nitrogens with zero attached hydrogens (tertiary/aromatic N) is 3. The van der Waals surface area contributed by atoms with Crippen molar-refractivity contribution < 1.29 is 9.72 Å². The molecule has 1 fully saturated rings. The summed E-state index contributed by atoms with van der Waals surface area (Å²) in [5.41, 5.74) is 2.12. The number of amides is 1. The Balaban J connectivity index is 1.81. The number of nitro groups is 1. The highest BCUT2D eigenvalue weighted by Crippen LogP contribution is 2.32. The Bertz CT molecular complexity index is 841. The second kappa shape index (κ2) is 8.84. The second-order valence-corrected chi connectivity index (χ2v) is 7.16. The zero-order valence-corrected chi connectivity index (χ0v) is 16.3. The third-order valence-electron chi connectivity index (χ3n) is 5.15. The number of rotatable bonds is 5. The fraction of sp³-hybridized carbons (Fsp3) is 0.381. The van der Waals surface area contributed by atoms with Crippen molar-refractivity contribution in [3.8, 4) is 0 Å². The molecule has 1 unspecified atom stereocenters. The third kappa shape index (κ3) is 4.48. The molecule has 1 heterocycles. The first-order chi connectivity index (χ1) is 13.5. The van der Waals surface area contributed by atoms with Crippen LogP contribution in [0.4, 0.5) is 11.4 Å². The fourth-order valence-corrected chi connectivity index (χ4v) is 3.79. The minimum atomic E-state index is -0.402. The monoisotopic (exact) mass is 382 g/mol. The third-order valence-corrected chi connectivity index (χ3v) is 5.15. The van der Waals surface area contributed by atoms with Crippen LogP contribution < -0.4 is 10.2 Å². The molecule has 1 amide bonds. The van der Waals surface area contributed by atoms with Crippen LogP contribution in [-0.2, 0) is 6.54 Å². The van der Waals surface area contributed by atoms with E-state index in [1.807, 2.05) is 18.2 Å². The Labute approximate surface area is 165 Å². The van der Waals surface area contributed by atoms with E-state index < -0.39 is 4.92 Å². The molecular formula is C21H26N4O3. The lowest BCUT2D eigenvalue weighted by atomic mass is 10.1. The normalized spacial score (nSPS) is 17.8. The van der Waals surface area contributed by atoms with Gasteiger partial charge >= 0.3 is 0 Å². The average molecular weight is 382 g/mol. The fourth-order valence-electron chi connectivity index (χ4n) is 3.79. The van der Waals surface area contributed by atoms with Gasteiger partial charge in [-0.3, -0.25) is 19.8 Å². The van der Waals surface area contributed by atoms with Gasteiger partial charge in [0.2, 0.25) is 0 Å². The minimum absolute atomic E-state index is 0.0236. The molecule has 0 spiro atoms. The Morgan fingerprint density at radius 2 is 1.96 bits per heavy atom. The molecule has 1 aliphatic rings. The first kappa shape index (κ1) is 19.8. The summed E-state index contributed by atoms with van der Waals surface area (Å²) in [5.74, 6) is -0.326. The Kier molecular flexibility index (Phi) is 6.26. The van der Waals surface area contributed by atoms with Crippen LogP contribution in [0, 0.1) is 10.1 Å². The number of benzene rings is 2. The van der Waals surface area contributed by atoms with Crippen LogP contribution in [0.25, 0.3) is 0 Å². The van der Waals surface area contributed by atoms with E-state index in [2.05, 4.69) is 34.2 Å². The van der Waals surface area contributed by atoms with Crippen molar-refractivity contribution in [2.75, 3.05) is 31.6 Å². The average Bonchev–Trinajstić information content (AvgIpc) is 2.88. The van der Waals surface area contributed by atoms with Gasteiger partial charge in [-0.1, -0.05) is 30.3 Å². The molecule has 0 aromatic heterocycles. The highest BCUT2D eigenvalue weighted by molar-refractivity contribution is 5.95. The Morgan fingerprint density at radius 3 is 2.64 bits per heavy atom. The van der Waals surface area contributed by atoms with Crippen LogP contribution in [0.5, 0.6) is 0 Å². The number of anilines is 1. The zero-order valence-electron chi connectivity index (χ0n) is 16.3. The van der Waals surface area contributed by atoms with E-state index in [9.17, 15) is 14.9 Å². The smallest absolute Gasteiger partial charge is 0.293 e. The number of hydrogen-bond donors (Lipinski definition) is 1. The van der Waals surface area contributed by atoms with E-state index >= 15 is 0 Å². The van der Waals surface area contributed by atoms with Crippen LogP contribution >= 0.6 is 0 Å². The summed E-state index contributed by atoms with van der Waals surface area (Å²) in [6.45, 7) is 5.48. The molecule has 1 aliphatic heterocycles. The molecule has 0 saturated carbocycles. The number of hydrogen-bond acceptors (Lipinski definition) is 5. The quantitative estimate of drug-likeness (QED) is 0.635. The molecule has 28 heavy (non-hydrogen) atoms. The van der Waals surface area contributed by atoms with Crippen molar-refractivity contribution in [3.63, 3.8) is 0 Å². The van der Waals surface area contributed by atoms with E-state index in [1.165, 1.54) is 18.7 Å². The maximum absolute atomic E-state index is 11.9. The van der Waals surface area contributed by atoms with Crippen molar-refractivity contribution in [2.24, 2.45) is 0 Å². The maximum atomic E-state index is 11.9. The topological polar surface area (TPSA) is 78.7 Å². The highest BCUT2D eigenvalue weighted by Gasteiger charge is 2.28. The molecule has 1 N–H and O–H groups in total. The highest BCUT2D eigenvalue weighted by atomic mass is 16.6. The lowest BCUT2D eigenvalue weighted by Crippen LogP contribution is -2.39. The van der Waals surface area contributed by atoms with E-state index in [0.29, 0.717) is 11.3 Å². The van der Waals surface area contributed by atoms with Crippen LogP contribution in [0.1, 0.15) is 29.3 Å². The molecule has 0 aliphatic carbocycles. The molecule has 2 aromatic carbocycles. The van der Waals surface area contributed by atoms with Crippen molar-refractivity contribution in [2.45, 2.75) is 25.9 Å². The summed E-state index contributed by atoms with van der Waals surface area (Å²) >= 11 is 0. The zero-order chi connectivity index (χ0) is 20.1. The molecule has 1 saturated heterocycles. The van der Waals surface area contributed by atoms with E-state index in [-0.39, 0.29) is 17.6 Å². The predicted molar refractivity (Wildman–Crippen MR) is 110 cm³/mol. The lowest BCUT2D eigenvalue weighted by molar-refractivity contribution is -0.384. The van der Waals surface area contributed by atoms with Gasteiger partial charge in [0.25, 0.3) is 11.6 Å². The SMILES string of the molecule is CNC(=O)c1ccc(N2CCCN(Cc3ccccc3)CC2C)c([N+](=O)[O-])c1. The Morgan fingerprint density at radius 1 is 1.21 bits per heavy atom. The summed E-state index contributed by atoms with van der Waals surface area (Å²) in [5, 5.41) is 14.2. The van der Waals surface area contributed by atoms with Crippen LogP contribution in [0.15, 0.2) is 48.5 Å². The van der Waals surface area contributed by atoms with Crippen molar-refractivity contribution >= 4 is 17.3 Å². The van der Waals surface area contributed by atoms with Crippen LogP contribution in [0.3, 0.4) is 0 Å². The van der Waals surface area contributed by atoms with Crippen molar-refractivity contribution in [3.05, 3.63) is 69.8 Å². The first-order valence-electron chi connectivity index (χ1n) is 9.53. The van der Waals surface area contributed by atoms with E-state index in [4.69, 9.17) is 0 Å². The second-order valence-electron chi connectivity index (χ2n) is 7.16. The predicted octanol–water partition coefficient (Wildman–Crippen LogP) is 3.06. The van der Waals surface area contributed by atoms with Crippen LogP contribution in [0.2, 0.25) is 0 Å². The van der Waals surface area contributed by atoms with Gasteiger partial charge in [-0.25, -0.2) is 0 Å². The summed E-state index contributed by atoms with van der Waals surface area (Å²) in [6, 6.07) is 15.2. The van der Waals surface area contributed by atoms with Gasteiger partial charge < -0.3 is 10.2 Å². The molecule has 0 bridgehead atoms. The van der Waals surface area contributed by atoms with Crippen molar-refractivity contribution in [1.82, 2.24) is 10.2 Å². The standard InChI is InChI=1S/C21H26N4O3/c1-16-14-23(15-17-7-4-3-5-8-17)11-6-12-24(16)19-10-9-18(21(26)22-2)13-20(19)25(27)28/h3-5,7-10,13,16H,6,11-12,14-15H2,1-2H3,(H,22,26).